The van der Waals surface area contributed by atoms with Crippen molar-refractivity contribution in [3.63, 3.8) is 0 Å². The lowest BCUT2D eigenvalue weighted by atomic mass is 10.2. The first kappa shape index (κ1) is 17.8. The van der Waals surface area contributed by atoms with E-state index in [-0.39, 0.29) is 12.0 Å². The summed E-state index contributed by atoms with van der Waals surface area (Å²) in [6.07, 6.45) is 2.74. The van der Waals surface area contributed by atoms with Gasteiger partial charge in [-0.25, -0.2) is 4.98 Å². The number of benzene rings is 1. The van der Waals surface area contributed by atoms with Crippen molar-refractivity contribution in [3.05, 3.63) is 48.3 Å². The van der Waals surface area contributed by atoms with E-state index in [1.165, 1.54) is 0 Å². The molecule has 0 fully saturated rings. The van der Waals surface area contributed by atoms with Crippen LogP contribution in [-0.2, 0) is 0 Å². The van der Waals surface area contributed by atoms with E-state index in [2.05, 4.69) is 29.5 Å². The number of hydrogen-bond donors (Lipinski definition) is 2. The number of carbonyl (C=O) groups is 1. The molecule has 1 heterocycles. The van der Waals surface area contributed by atoms with Crippen LogP contribution in [0.15, 0.2) is 42.6 Å². The van der Waals surface area contributed by atoms with Gasteiger partial charge in [0.15, 0.2) is 0 Å². The standard InChI is InChI=1S/C19H25N3O2/c1-5-14(4)21-15-10-11-17(20-12-15)19(23)22-16-8-6-7-9-18(16)24-13(2)3/h6-14,21H,5H2,1-4H3,(H,22,23). The third-order valence-corrected chi connectivity index (χ3v) is 3.52. The van der Waals surface area contributed by atoms with Gasteiger partial charge in [-0.1, -0.05) is 19.1 Å². The van der Waals surface area contributed by atoms with Crippen LogP contribution in [0.4, 0.5) is 11.4 Å². The molecule has 2 rings (SSSR count). The molecule has 5 heteroatoms. The van der Waals surface area contributed by atoms with E-state index in [0.29, 0.717) is 23.2 Å². The smallest absolute Gasteiger partial charge is 0.274 e. The Morgan fingerprint density at radius 1 is 1.17 bits per heavy atom. The van der Waals surface area contributed by atoms with Gasteiger partial charge >= 0.3 is 0 Å². The summed E-state index contributed by atoms with van der Waals surface area (Å²) in [4.78, 5) is 16.6. The Hall–Kier alpha value is -2.56. The van der Waals surface area contributed by atoms with Crippen molar-refractivity contribution in [2.45, 2.75) is 46.3 Å². The summed E-state index contributed by atoms with van der Waals surface area (Å²) in [6.45, 7) is 8.11. The van der Waals surface area contributed by atoms with Crippen molar-refractivity contribution >= 4 is 17.3 Å². The van der Waals surface area contributed by atoms with E-state index >= 15 is 0 Å². The molecular formula is C19H25N3O2. The molecule has 0 aliphatic rings. The van der Waals surface area contributed by atoms with Gasteiger partial charge in [0.2, 0.25) is 0 Å². The summed E-state index contributed by atoms with van der Waals surface area (Å²) in [6, 6.07) is 11.3. The summed E-state index contributed by atoms with van der Waals surface area (Å²) >= 11 is 0. The van der Waals surface area contributed by atoms with Crippen molar-refractivity contribution < 1.29 is 9.53 Å². The maximum atomic E-state index is 12.4. The molecule has 0 spiro atoms. The normalized spacial score (nSPS) is 11.9. The van der Waals surface area contributed by atoms with E-state index in [1.807, 2.05) is 44.2 Å². The van der Waals surface area contributed by atoms with Gasteiger partial charge in [-0.05, 0) is 51.5 Å². The van der Waals surface area contributed by atoms with Crippen molar-refractivity contribution in [1.82, 2.24) is 4.98 Å². The average molecular weight is 327 g/mol. The third kappa shape index (κ3) is 4.98. The van der Waals surface area contributed by atoms with Crippen LogP contribution < -0.4 is 15.4 Å². The number of hydrogen-bond acceptors (Lipinski definition) is 4. The highest BCUT2D eigenvalue weighted by Gasteiger charge is 2.12. The molecule has 2 aromatic rings. The number of amides is 1. The fourth-order valence-corrected chi connectivity index (χ4v) is 2.11. The number of nitrogens with zero attached hydrogens (tertiary/aromatic N) is 1. The Labute approximate surface area is 143 Å². The second-order valence-electron chi connectivity index (χ2n) is 6.00. The molecule has 128 valence electrons. The van der Waals surface area contributed by atoms with Gasteiger partial charge in [-0.15, -0.1) is 0 Å². The molecule has 1 atom stereocenters. The van der Waals surface area contributed by atoms with Crippen LogP contribution in [0.5, 0.6) is 5.75 Å². The van der Waals surface area contributed by atoms with Gasteiger partial charge in [-0.3, -0.25) is 4.79 Å². The third-order valence-electron chi connectivity index (χ3n) is 3.52. The van der Waals surface area contributed by atoms with E-state index in [9.17, 15) is 4.79 Å². The number of anilines is 2. The first-order valence-corrected chi connectivity index (χ1v) is 8.29. The molecule has 1 aromatic heterocycles. The maximum absolute atomic E-state index is 12.4. The lowest BCUT2D eigenvalue weighted by Crippen LogP contribution is -2.17. The molecule has 0 aliphatic carbocycles. The fraction of sp³-hybridized carbons (Fsp3) is 0.368. The summed E-state index contributed by atoms with van der Waals surface area (Å²) in [7, 11) is 0. The van der Waals surface area contributed by atoms with E-state index in [4.69, 9.17) is 4.74 Å². The molecule has 0 bridgehead atoms. The minimum Gasteiger partial charge on any atom is -0.489 e. The number of aromatic nitrogens is 1. The zero-order valence-corrected chi connectivity index (χ0v) is 14.7. The lowest BCUT2D eigenvalue weighted by Gasteiger charge is -2.15. The highest BCUT2D eigenvalue weighted by atomic mass is 16.5. The Balaban J connectivity index is 2.07. The van der Waals surface area contributed by atoms with Crippen LogP contribution in [0.3, 0.4) is 0 Å². The lowest BCUT2D eigenvalue weighted by molar-refractivity contribution is 0.102. The number of rotatable bonds is 7. The number of ether oxygens (including phenoxy) is 1. The molecule has 0 aliphatic heterocycles. The second kappa shape index (κ2) is 8.34. The van der Waals surface area contributed by atoms with Gasteiger partial charge in [0.25, 0.3) is 5.91 Å². The summed E-state index contributed by atoms with van der Waals surface area (Å²) in [5.74, 6) is 0.390. The van der Waals surface area contributed by atoms with Crippen molar-refractivity contribution in [2.75, 3.05) is 10.6 Å². The van der Waals surface area contributed by atoms with Crippen LogP contribution in [0.1, 0.15) is 44.6 Å². The highest BCUT2D eigenvalue weighted by Crippen LogP contribution is 2.25. The predicted molar refractivity (Wildman–Crippen MR) is 97.8 cm³/mol. The Morgan fingerprint density at radius 2 is 1.92 bits per heavy atom. The largest absolute Gasteiger partial charge is 0.489 e. The van der Waals surface area contributed by atoms with Gasteiger partial charge in [0.05, 0.1) is 23.7 Å². The van der Waals surface area contributed by atoms with Crippen LogP contribution in [0.2, 0.25) is 0 Å². The monoisotopic (exact) mass is 327 g/mol. The minimum absolute atomic E-state index is 0.0343. The molecular weight excluding hydrogens is 302 g/mol. The van der Waals surface area contributed by atoms with Crippen molar-refractivity contribution in [2.24, 2.45) is 0 Å². The molecule has 0 saturated carbocycles. The topological polar surface area (TPSA) is 63.2 Å². The second-order valence-corrected chi connectivity index (χ2v) is 6.00. The Morgan fingerprint density at radius 3 is 2.54 bits per heavy atom. The van der Waals surface area contributed by atoms with Crippen LogP contribution >= 0.6 is 0 Å². The zero-order valence-electron chi connectivity index (χ0n) is 14.7. The van der Waals surface area contributed by atoms with Crippen molar-refractivity contribution in [3.8, 4) is 5.75 Å². The van der Waals surface area contributed by atoms with Gasteiger partial charge in [-0.2, -0.15) is 0 Å². The number of pyridine rings is 1. The van der Waals surface area contributed by atoms with Crippen LogP contribution in [0, 0.1) is 0 Å². The van der Waals surface area contributed by atoms with E-state index in [1.54, 1.807) is 12.3 Å². The fourth-order valence-electron chi connectivity index (χ4n) is 2.11. The molecule has 1 unspecified atom stereocenters. The zero-order chi connectivity index (χ0) is 17.5. The van der Waals surface area contributed by atoms with Gasteiger partial charge in [0.1, 0.15) is 11.4 Å². The summed E-state index contributed by atoms with van der Waals surface area (Å²) in [5.41, 5.74) is 1.91. The number of nitrogens with one attached hydrogen (secondary N) is 2. The van der Waals surface area contributed by atoms with Gasteiger partial charge in [0, 0.05) is 6.04 Å². The SMILES string of the molecule is CCC(C)Nc1ccc(C(=O)Nc2ccccc2OC(C)C)nc1. The first-order valence-electron chi connectivity index (χ1n) is 8.29. The average Bonchev–Trinajstić information content (AvgIpc) is 2.56. The Bertz CT molecular complexity index is 669. The quantitative estimate of drug-likeness (QED) is 0.794. The molecule has 0 saturated heterocycles. The number of para-hydroxylation sites is 2. The van der Waals surface area contributed by atoms with Crippen molar-refractivity contribution in [1.29, 1.82) is 0 Å². The molecule has 5 nitrogen and oxygen atoms in total. The van der Waals surface area contributed by atoms with Crippen LogP contribution in [-0.4, -0.2) is 23.0 Å². The predicted octanol–water partition coefficient (Wildman–Crippen LogP) is 4.33. The molecule has 24 heavy (non-hydrogen) atoms. The van der Waals surface area contributed by atoms with Crippen LogP contribution in [0.25, 0.3) is 0 Å². The molecule has 2 N–H and O–H groups in total. The van der Waals surface area contributed by atoms with E-state index < -0.39 is 0 Å². The maximum Gasteiger partial charge on any atom is 0.274 e. The summed E-state index contributed by atoms with van der Waals surface area (Å²) < 4.78 is 5.71. The Kier molecular flexibility index (Phi) is 6.18. The molecule has 0 radical (unpaired) electrons. The summed E-state index contributed by atoms with van der Waals surface area (Å²) in [5, 5.41) is 6.18. The van der Waals surface area contributed by atoms with E-state index in [0.717, 1.165) is 12.1 Å². The van der Waals surface area contributed by atoms with Gasteiger partial charge < -0.3 is 15.4 Å². The first-order chi connectivity index (χ1) is 11.5. The minimum atomic E-state index is -0.259. The molecule has 1 aromatic carbocycles. The highest BCUT2D eigenvalue weighted by molar-refractivity contribution is 6.03. The molecule has 1 amide bonds. The number of carbonyl (C=O) groups excluding carboxylic acids is 1.